The maximum Gasteiger partial charge on any atom is 0.265 e. The molecule has 0 aliphatic carbocycles. The number of aryl methyl sites for hydroxylation is 2. The van der Waals surface area contributed by atoms with Crippen LogP contribution >= 0.6 is 0 Å². The molecule has 3 aromatic rings. The number of carbonyl (C=O) groups excluding carboxylic acids is 1. The lowest BCUT2D eigenvalue weighted by Crippen LogP contribution is -2.30. The molecule has 5 heteroatoms. The summed E-state index contributed by atoms with van der Waals surface area (Å²) >= 11 is 0. The molecule has 1 aromatic heterocycles. The second kappa shape index (κ2) is 6.12. The molecule has 0 aliphatic heterocycles. The molecule has 23 heavy (non-hydrogen) atoms. The van der Waals surface area contributed by atoms with Crippen LogP contribution in [-0.2, 0) is 4.79 Å². The molecule has 0 unspecified atom stereocenters. The number of benzene rings is 2. The van der Waals surface area contributed by atoms with Crippen LogP contribution in [-0.4, -0.2) is 17.0 Å². The lowest BCUT2D eigenvalue weighted by molar-refractivity contribution is -0.122. The number of carbonyl (C=O) groups is 1. The SMILES string of the molecule is Cc1ccc(O[C@@H](C)C(=O)Nc2ccc3oc(C)nc3c2)cc1. The summed E-state index contributed by atoms with van der Waals surface area (Å²) in [6.07, 6.45) is -0.604. The standard InChI is InChI=1S/C18H18N2O3/c1-11-4-7-15(8-5-11)22-12(2)18(21)20-14-6-9-17-16(10-14)19-13(3)23-17/h4-10,12H,1-3H3,(H,20,21)/t12-/m0/s1. The van der Waals surface area contributed by atoms with Crippen LogP contribution in [0, 0.1) is 13.8 Å². The molecule has 1 heterocycles. The molecule has 1 amide bonds. The number of amides is 1. The Labute approximate surface area is 134 Å². The van der Waals surface area contributed by atoms with Crippen molar-refractivity contribution < 1.29 is 13.9 Å². The first kappa shape index (κ1) is 15.1. The zero-order valence-corrected chi connectivity index (χ0v) is 13.3. The minimum Gasteiger partial charge on any atom is -0.481 e. The van der Waals surface area contributed by atoms with Gasteiger partial charge in [-0.25, -0.2) is 4.98 Å². The first-order valence-electron chi connectivity index (χ1n) is 7.42. The fraction of sp³-hybridized carbons (Fsp3) is 0.222. The Bertz CT molecular complexity index is 837. The lowest BCUT2D eigenvalue weighted by atomic mass is 10.2. The average Bonchev–Trinajstić information content (AvgIpc) is 2.88. The summed E-state index contributed by atoms with van der Waals surface area (Å²) in [5.74, 6) is 1.05. The van der Waals surface area contributed by atoms with Gasteiger partial charge in [-0.05, 0) is 44.2 Å². The Balaban J connectivity index is 1.67. The highest BCUT2D eigenvalue weighted by Crippen LogP contribution is 2.20. The molecule has 0 saturated heterocycles. The van der Waals surface area contributed by atoms with Crippen molar-refractivity contribution in [3.8, 4) is 5.75 Å². The third-order valence-electron chi connectivity index (χ3n) is 3.47. The van der Waals surface area contributed by atoms with Gasteiger partial charge in [0, 0.05) is 12.6 Å². The van der Waals surface area contributed by atoms with E-state index in [-0.39, 0.29) is 5.91 Å². The van der Waals surface area contributed by atoms with Gasteiger partial charge in [-0.15, -0.1) is 0 Å². The topological polar surface area (TPSA) is 64.4 Å². The molecule has 1 atom stereocenters. The summed E-state index contributed by atoms with van der Waals surface area (Å²) < 4.78 is 11.1. The van der Waals surface area contributed by atoms with E-state index in [1.54, 1.807) is 32.0 Å². The number of hydrogen-bond acceptors (Lipinski definition) is 4. The summed E-state index contributed by atoms with van der Waals surface area (Å²) in [5, 5.41) is 2.83. The van der Waals surface area contributed by atoms with Gasteiger partial charge >= 0.3 is 0 Å². The van der Waals surface area contributed by atoms with Crippen molar-refractivity contribution in [2.45, 2.75) is 26.9 Å². The molecular weight excluding hydrogens is 292 g/mol. The van der Waals surface area contributed by atoms with Gasteiger partial charge in [-0.3, -0.25) is 4.79 Å². The number of nitrogens with zero attached hydrogens (tertiary/aromatic N) is 1. The van der Waals surface area contributed by atoms with E-state index in [0.29, 0.717) is 28.4 Å². The molecule has 2 aromatic carbocycles. The molecule has 3 rings (SSSR count). The monoisotopic (exact) mass is 310 g/mol. The molecule has 0 fully saturated rings. The van der Waals surface area contributed by atoms with Crippen LogP contribution < -0.4 is 10.1 Å². The molecule has 118 valence electrons. The van der Waals surface area contributed by atoms with Crippen LogP contribution in [0.2, 0.25) is 0 Å². The van der Waals surface area contributed by atoms with E-state index >= 15 is 0 Å². The number of aromatic nitrogens is 1. The molecule has 0 aliphatic rings. The zero-order chi connectivity index (χ0) is 16.4. The Hall–Kier alpha value is -2.82. The third kappa shape index (κ3) is 3.51. The number of anilines is 1. The molecular formula is C18H18N2O3. The lowest BCUT2D eigenvalue weighted by Gasteiger charge is -2.14. The fourth-order valence-electron chi connectivity index (χ4n) is 2.24. The number of rotatable bonds is 4. The molecule has 0 radical (unpaired) electrons. The minimum absolute atomic E-state index is 0.217. The van der Waals surface area contributed by atoms with Crippen LogP contribution in [0.5, 0.6) is 5.75 Å². The van der Waals surface area contributed by atoms with Gasteiger partial charge in [0.2, 0.25) is 0 Å². The largest absolute Gasteiger partial charge is 0.481 e. The summed E-state index contributed by atoms with van der Waals surface area (Å²) in [7, 11) is 0. The third-order valence-corrected chi connectivity index (χ3v) is 3.47. The molecule has 0 spiro atoms. The van der Waals surface area contributed by atoms with Crippen LogP contribution in [0.3, 0.4) is 0 Å². The number of hydrogen-bond donors (Lipinski definition) is 1. The van der Waals surface area contributed by atoms with Crippen molar-refractivity contribution in [1.82, 2.24) is 4.98 Å². The first-order chi connectivity index (χ1) is 11.0. The van der Waals surface area contributed by atoms with Crippen molar-refractivity contribution in [1.29, 1.82) is 0 Å². The van der Waals surface area contributed by atoms with Gasteiger partial charge < -0.3 is 14.5 Å². The quantitative estimate of drug-likeness (QED) is 0.795. The molecule has 0 bridgehead atoms. The van der Waals surface area contributed by atoms with Crippen LogP contribution in [0.15, 0.2) is 46.9 Å². The maximum absolute atomic E-state index is 12.2. The second-order valence-corrected chi connectivity index (χ2v) is 5.48. The summed E-state index contributed by atoms with van der Waals surface area (Å²) in [6.45, 7) is 5.51. The molecule has 0 saturated carbocycles. The Morgan fingerprint density at radius 2 is 1.91 bits per heavy atom. The average molecular weight is 310 g/mol. The van der Waals surface area contributed by atoms with Gasteiger partial charge in [-0.2, -0.15) is 0 Å². The summed E-state index contributed by atoms with van der Waals surface area (Å²) in [6, 6.07) is 12.9. The fourth-order valence-corrected chi connectivity index (χ4v) is 2.24. The van der Waals surface area contributed by atoms with Crippen molar-refractivity contribution in [3.63, 3.8) is 0 Å². The highest BCUT2D eigenvalue weighted by Gasteiger charge is 2.15. The number of fused-ring (bicyclic) bond motifs is 1. The highest BCUT2D eigenvalue weighted by atomic mass is 16.5. The van der Waals surface area contributed by atoms with Crippen molar-refractivity contribution in [3.05, 3.63) is 53.9 Å². The van der Waals surface area contributed by atoms with Crippen molar-refractivity contribution in [2.24, 2.45) is 0 Å². The Morgan fingerprint density at radius 1 is 1.17 bits per heavy atom. The van der Waals surface area contributed by atoms with E-state index in [0.717, 1.165) is 5.56 Å². The normalized spacial score (nSPS) is 12.1. The van der Waals surface area contributed by atoms with Gasteiger partial charge in [0.25, 0.3) is 5.91 Å². The number of nitrogens with one attached hydrogen (secondary N) is 1. The van der Waals surface area contributed by atoms with E-state index in [2.05, 4.69) is 10.3 Å². The van der Waals surface area contributed by atoms with Gasteiger partial charge in [0.15, 0.2) is 17.6 Å². The predicted octanol–water partition coefficient (Wildman–Crippen LogP) is 3.85. The van der Waals surface area contributed by atoms with E-state index in [1.165, 1.54) is 0 Å². The maximum atomic E-state index is 12.2. The van der Waals surface area contributed by atoms with Gasteiger partial charge in [-0.1, -0.05) is 17.7 Å². The second-order valence-electron chi connectivity index (χ2n) is 5.48. The number of oxazole rings is 1. The molecule has 5 nitrogen and oxygen atoms in total. The van der Waals surface area contributed by atoms with E-state index in [4.69, 9.17) is 9.15 Å². The number of ether oxygens (including phenoxy) is 1. The summed E-state index contributed by atoms with van der Waals surface area (Å²) in [4.78, 5) is 16.5. The Morgan fingerprint density at radius 3 is 2.65 bits per heavy atom. The van der Waals surface area contributed by atoms with Gasteiger partial charge in [0.1, 0.15) is 11.3 Å². The zero-order valence-electron chi connectivity index (χ0n) is 13.3. The molecule has 1 N–H and O–H groups in total. The smallest absolute Gasteiger partial charge is 0.265 e. The van der Waals surface area contributed by atoms with E-state index in [9.17, 15) is 4.79 Å². The highest BCUT2D eigenvalue weighted by molar-refractivity contribution is 5.95. The van der Waals surface area contributed by atoms with Crippen molar-refractivity contribution in [2.75, 3.05) is 5.32 Å². The van der Waals surface area contributed by atoms with Gasteiger partial charge in [0.05, 0.1) is 0 Å². The van der Waals surface area contributed by atoms with Crippen LogP contribution in [0.1, 0.15) is 18.4 Å². The van der Waals surface area contributed by atoms with Crippen LogP contribution in [0.4, 0.5) is 5.69 Å². The predicted molar refractivity (Wildman–Crippen MR) is 88.6 cm³/mol. The minimum atomic E-state index is -0.604. The van der Waals surface area contributed by atoms with Crippen molar-refractivity contribution >= 4 is 22.7 Å². The van der Waals surface area contributed by atoms with E-state index in [1.807, 2.05) is 31.2 Å². The first-order valence-corrected chi connectivity index (χ1v) is 7.42. The summed E-state index contributed by atoms with van der Waals surface area (Å²) in [5.41, 5.74) is 3.22. The van der Waals surface area contributed by atoms with Crippen LogP contribution in [0.25, 0.3) is 11.1 Å². The van der Waals surface area contributed by atoms with E-state index < -0.39 is 6.10 Å². The Kier molecular flexibility index (Phi) is 4.02.